The second-order valence-electron chi connectivity index (χ2n) is 3.94. The molecule has 1 rings (SSSR count). The van der Waals surface area contributed by atoms with Gasteiger partial charge < -0.3 is 16.0 Å². The van der Waals surface area contributed by atoms with Crippen LogP contribution >= 0.6 is 11.3 Å². The van der Waals surface area contributed by atoms with Crippen LogP contribution in [0.1, 0.15) is 29.9 Å². The molecule has 0 saturated carbocycles. The van der Waals surface area contributed by atoms with E-state index in [0.717, 1.165) is 6.42 Å². The molecular weight excluding hydrogens is 250 g/mol. The molecule has 5 nitrogen and oxygen atoms in total. The smallest absolute Gasteiger partial charge is 0.315 e. The predicted molar refractivity (Wildman–Crippen MR) is 72.9 cm³/mol. The Labute approximate surface area is 111 Å². The minimum Gasteiger partial charge on any atom is -0.350 e. The van der Waals surface area contributed by atoms with Crippen molar-refractivity contribution in [2.24, 2.45) is 0 Å². The van der Waals surface area contributed by atoms with Crippen molar-refractivity contribution < 1.29 is 9.59 Å². The Morgan fingerprint density at radius 3 is 2.67 bits per heavy atom. The van der Waals surface area contributed by atoms with Gasteiger partial charge in [-0.3, -0.25) is 4.79 Å². The van der Waals surface area contributed by atoms with E-state index >= 15 is 0 Å². The molecule has 1 atom stereocenters. The molecule has 3 N–H and O–H groups in total. The summed E-state index contributed by atoms with van der Waals surface area (Å²) >= 11 is 1.40. The Morgan fingerprint density at radius 2 is 2.06 bits per heavy atom. The van der Waals surface area contributed by atoms with Crippen molar-refractivity contribution in [3.63, 3.8) is 0 Å². The van der Waals surface area contributed by atoms with Gasteiger partial charge in [-0.05, 0) is 24.8 Å². The first kappa shape index (κ1) is 14.5. The largest absolute Gasteiger partial charge is 0.350 e. The quantitative estimate of drug-likeness (QED) is 0.686. The molecule has 3 amide bonds. The summed E-state index contributed by atoms with van der Waals surface area (Å²) in [4.78, 5) is 23.6. The number of hydrogen-bond donors (Lipinski definition) is 3. The van der Waals surface area contributed by atoms with Gasteiger partial charge in [0.05, 0.1) is 4.88 Å². The molecule has 0 radical (unpaired) electrons. The summed E-state index contributed by atoms with van der Waals surface area (Å²) in [6.07, 6.45) is 0.891. The van der Waals surface area contributed by atoms with E-state index in [0.29, 0.717) is 18.0 Å². The molecule has 1 aromatic rings. The molecule has 0 aliphatic carbocycles. The van der Waals surface area contributed by atoms with Gasteiger partial charge in [0.15, 0.2) is 0 Å². The molecule has 6 heteroatoms. The van der Waals surface area contributed by atoms with Crippen LogP contribution in [0.15, 0.2) is 17.5 Å². The monoisotopic (exact) mass is 269 g/mol. The van der Waals surface area contributed by atoms with Crippen LogP contribution in [-0.4, -0.2) is 31.1 Å². The van der Waals surface area contributed by atoms with Crippen LogP contribution in [0.25, 0.3) is 0 Å². The van der Waals surface area contributed by atoms with Gasteiger partial charge in [0.1, 0.15) is 0 Å². The van der Waals surface area contributed by atoms with Crippen molar-refractivity contribution in [3.8, 4) is 0 Å². The lowest BCUT2D eigenvalue weighted by molar-refractivity contribution is 0.0958. The van der Waals surface area contributed by atoms with E-state index in [9.17, 15) is 9.59 Å². The molecule has 0 fully saturated rings. The lowest BCUT2D eigenvalue weighted by atomic mass is 10.3. The number of carbonyl (C=O) groups is 2. The maximum Gasteiger partial charge on any atom is 0.315 e. The first-order valence-electron chi connectivity index (χ1n) is 5.99. The molecule has 0 aromatic carbocycles. The van der Waals surface area contributed by atoms with Gasteiger partial charge in [0.2, 0.25) is 0 Å². The second kappa shape index (κ2) is 7.71. The van der Waals surface area contributed by atoms with Gasteiger partial charge >= 0.3 is 6.03 Å². The van der Waals surface area contributed by atoms with E-state index in [1.54, 1.807) is 6.07 Å². The van der Waals surface area contributed by atoms with E-state index in [-0.39, 0.29) is 18.0 Å². The third-order valence-electron chi connectivity index (χ3n) is 2.43. The summed E-state index contributed by atoms with van der Waals surface area (Å²) in [6, 6.07) is 3.56. The Morgan fingerprint density at radius 1 is 1.33 bits per heavy atom. The number of hydrogen-bond acceptors (Lipinski definition) is 3. The molecule has 0 aliphatic heterocycles. The summed E-state index contributed by atoms with van der Waals surface area (Å²) in [5.41, 5.74) is 0. The standard InChI is InChI=1S/C12H19N3O2S/c1-3-9(2)15-12(17)14-7-6-13-11(16)10-5-4-8-18-10/h4-5,8-9H,3,6-7H2,1-2H3,(H,13,16)(H2,14,15,17). The molecule has 1 unspecified atom stereocenters. The van der Waals surface area contributed by atoms with E-state index in [1.807, 2.05) is 25.3 Å². The maximum absolute atomic E-state index is 11.5. The predicted octanol–water partition coefficient (Wildman–Crippen LogP) is 1.58. The van der Waals surface area contributed by atoms with Gasteiger partial charge in [0.25, 0.3) is 5.91 Å². The van der Waals surface area contributed by atoms with E-state index in [2.05, 4.69) is 16.0 Å². The zero-order valence-corrected chi connectivity index (χ0v) is 11.5. The summed E-state index contributed by atoms with van der Waals surface area (Å²) < 4.78 is 0. The zero-order chi connectivity index (χ0) is 13.4. The third kappa shape index (κ3) is 5.18. The van der Waals surface area contributed by atoms with Crippen LogP contribution in [0.5, 0.6) is 0 Å². The van der Waals surface area contributed by atoms with Gasteiger partial charge in [-0.15, -0.1) is 11.3 Å². The van der Waals surface area contributed by atoms with Crippen molar-refractivity contribution >= 4 is 23.3 Å². The van der Waals surface area contributed by atoms with Crippen molar-refractivity contribution in [3.05, 3.63) is 22.4 Å². The van der Waals surface area contributed by atoms with Crippen molar-refractivity contribution in [2.75, 3.05) is 13.1 Å². The van der Waals surface area contributed by atoms with Gasteiger partial charge in [-0.2, -0.15) is 0 Å². The van der Waals surface area contributed by atoms with E-state index < -0.39 is 0 Å². The number of rotatable bonds is 6. The molecular formula is C12H19N3O2S. The van der Waals surface area contributed by atoms with Crippen molar-refractivity contribution in [1.29, 1.82) is 0 Å². The minimum atomic E-state index is -0.199. The zero-order valence-electron chi connectivity index (χ0n) is 10.7. The molecule has 1 aromatic heterocycles. The number of thiophene rings is 1. The average Bonchev–Trinajstić information content (AvgIpc) is 2.88. The number of amides is 3. The average molecular weight is 269 g/mol. The maximum atomic E-state index is 11.5. The van der Waals surface area contributed by atoms with Gasteiger partial charge in [-0.25, -0.2) is 4.79 Å². The van der Waals surface area contributed by atoms with Crippen LogP contribution in [0.3, 0.4) is 0 Å². The van der Waals surface area contributed by atoms with E-state index in [1.165, 1.54) is 11.3 Å². The van der Waals surface area contributed by atoms with Gasteiger partial charge in [0, 0.05) is 19.1 Å². The SMILES string of the molecule is CCC(C)NC(=O)NCCNC(=O)c1cccs1. The van der Waals surface area contributed by atoms with E-state index in [4.69, 9.17) is 0 Å². The van der Waals surface area contributed by atoms with Crippen molar-refractivity contribution in [1.82, 2.24) is 16.0 Å². The first-order valence-corrected chi connectivity index (χ1v) is 6.87. The highest BCUT2D eigenvalue weighted by Gasteiger charge is 2.06. The molecule has 0 bridgehead atoms. The van der Waals surface area contributed by atoms with Crippen LogP contribution in [-0.2, 0) is 0 Å². The van der Waals surface area contributed by atoms with Gasteiger partial charge in [-0.1, -0.05) is 13.0 Å². The molecule has 18 heavy (non-hydrogen) atoms. The fourth-order valence-corrected chi connectivity index (χ4v) is 1.86. The molecule has 0 aliphatic rings. The topological polar surface area (TPSA) is 70.2 Å². The fraction of sp³-hybridized carbons (Fsp3) is 0.500. The van der Waals surface area contributed by atoms with Crippen LogP contribution in [0, 0.1) is 0 Å². The molecule has 1 heterocycles. The number of carbonyl (C=O) groups excluding carboxylic acids is 2. The first-order chi connectivity index (χ1) is 8.63. The third-order valence-corrected chi connectivity index (χ3v) is 3.30. The fourth-order valence-electron chi connectivity index (χ4n) is 1.22. The molecule has 0 saturated heterocycles. The Kier molecular flexibility index (Phi) is 6.21. The Bertz CT molecular complexity index is 379. The summed E-state index contributed by atoms with van der Waals surface area (Å²) in [5, 5.41) is 10.1. The highest BCUT2D eigenvalue weighted by atomic mass is 32.1. The lowest BCUT2D eigenvalue weighted by Gasteiger charge is -2.12. The van der Waals surface area contributed by atoms with Crippen LogP contribution in [0.4, 0.5) is 4.79 Å². The minimum absolute atomic E-state index is 0.103. The highest BCUT2D eigenvalue weighted by Crippen LogP contribution is 2.07. The Hall–Kier alpha value is -1.56. The normalized spacial score (nSPS) is 11.7. The lowest BCUT2D eigenvalue weighted by Crippen LogP contribution is -2.43. The summed E-state index contributed by atoms with van der Waals surface area (Å²) in [5.74, 6) is -0.103. The molecule has 100 valence electrons. The second-order valence-corrected chi connectivity index (χ2v) is 4.89. The van der Waals surface area contributed by atoms with Crippen LogP contribution < -0.4 is 16.0 Å². The molecule has 0 spiro atoms. The summed E-state index contributed by atoms with van der Waals surface area (Å²) in [6.45, 7) is 4.79. The van der Waals surface area contributed by atoms with Crippen LogP contribution in [0.2, 0.25) is 0 Å². The highest BCUT2D eigenvalue weighted by molar-refractivity contribution is 7.12. The summed E-state index contributed by atoms with van der Waals surface area (Å²) in [7, 11) is 0. The number of urea groups is 1. The Balaban J connectivity index is 2.12. The number of nitrogens with one attached hydrogen (secondary N) is 3. The van der Waals surface area contributed by atoms with Crippen molar-refractivity contribution in [2.45, 2.75) is 26.3 Å².